The molecule has 0 heterocycles. The van der Waals surface area contributed by atoms with Crippen LogP contribution in [0.1, 0.15) is 49.8 Å². The third-order valence-electron chi connectivity index (χ3n) is 7.37. The SMILES string of the molecule is CCC(C)CNCc1ccc(O)c2c1CC1CC3CC(=O)C(C(N)=O)=C(O)C3C(=O)C1=C2O. The zero-order chi connectivity index (χ0) is 24.0. The van der Waals surface area contributed by atoms with E-state index >= 15 is 0 Å². The maximum Gasteiger partial charge on any atom is 0.255 e. The molecule has 3 aliphatic carbocycles. The van der Waals surface area contributed by atoms with E-state index in [1.54, 1.807) is 0 Å². The first-order valence-corrected chi connectivity index (χ1v) is 11.4. The molecule has 176 valence electrons. The monoisotopic (exact) mass is 454 g/mol. The van der Waals surface area contributed by atoms with Crippen LogP contribution in [0.25, 0.3) is 5.76 Å². The number of ketones is 2. The first-order chi connectivity index (χ1) is 15.6. The Morgan fingerprint density at radius 1 is 1.21 bits per heavy atom. The molecule has 6 N–H and O–H groups in total. The van der Waals surface area contributed by atoms with Crippen LogP contribution in [0.2, 0.25) is 0 Å². The average molecular weight is 455 g/mol. The lowest BCUT2D eigenvalue weighted by molar-refractivity contribution is -0.127. The number of aromatic hydroxyl groups is 1. The predicted octanol–water partition coefficient (Wildman–Crippen LogP) is 2.44. The summed E-state index contributed by atoms with van der Waals surface area (Å²) in [7, 11) is 0. The van der Waals surface area contributed by atoms with E-state index in [0.29, 0.717) is 25.3 Å². The fourth-order valence-electron chi connectivity index (χ4n) is 5.47. The molecule has 4 rings (SSSR count). The molecule has 1 aromatic carbocycles. The molecule has 8 heteroatoms. The number of hydrogen-bond donors (Lipinski definition) is 5. The highest BCUT2D eigenvalue weighted by atomic mass is 16.3. The molecular formula is C25H30N2O6. The minimum Gasteiger partial charge on any atom is -0.511 e. The standard InChI is InChI=1S/C25H30N2O6/c1-3-11(2)9-27-10-12-4-5-16(28)20-15(12)7-13-6-14-8-17(29)21(25(26)33)24(32)19(14)22(30)18(13)23(20)31/h4-5,11,13-14,19,27-28,31-32H,3,6-10H2,1-2H3,(H2,26,33). The van der Waals surface area contributed by atoms with Crippen LogP contribution in [0, 0.1) is 23.7 Å². The fourth-order valence-corrected chi connectivity index (χ4v) is 5.47. The van der Waals surface area contributed by atoms with Crippen molar-refractivity contribution in [2.24, 2.45) is 29.4 Å². The molecule has 0 aromatic heterocycles. The van der Waals surface area contributed by atoms with Crippen LogP contribution in [0.4, 0.5) is 0 Å². The van der Waals surface area contributed by atoms with Gasteiger partial charge in [0.2, 0.25) is 0 Å². The second kappa shape index (κ2) is 8.67. The molecule has 4 unspecified atom stereocenters. The van der Waals surface area contributed by atoms with Crippen LogP contribution in [0.5, 0.6) is 5.75 Å². The zero-order valence-corrected chi connectivity index (χ0v) is 18.9. The topological polar surface area (TPSA) is 150 Å². The van der Waals surface area contributed by atoms with Gasteiger partial charge in [0, 0.05) is 18.5 Å². The maximum absolute atomic E-state index is 13.4. The van der Waals surface area contributed by atoms with Crippen LogP contribution < -0.4 is 11.1 Å². The number of nitrogens with two attached hydrogens (primary N) is 1. The number of aliphatic hydroxyl groups excluding tert-OH is 2. The molecule has 0 radical (unpaired) electrons. The number of primary amides is 1. The highest BCUT2D eigenvalue weighted by Gasteiger charge is 2.50. The van der Waals surface area contributed by atoms with E-state index in [-0.39, 0.29) is 35.0 Å². The van der Waals surface area contributed by atoms with Gasteiger partial charge >= 0.3 is 0 Å². The number of carbonyl (C=O) groups excluding carboxylic acids is 3. The van der Waals surface area contributed by atoms with Gasteiger partial charge in [-0.1, -0.05) is 26.3 Å². The second-order valence-corrected chi connectivity index (χ2v) is 9.49. The van der Waals surface area contributed by atoms with Crippen molar-refractivity contribution in [1.82, 2.24) is 5.32 Å². The Hall–Kier alpha value is -3.13. The molecule has 0 saturated heterocycles. The van der Waals surface area contributed by atoms with E-state index in [0.717, 1.165) is 24.1 Å². The molecule has 3 aliphatic rings. The summed E-state index contributed by atoms with van der Waals surface area (Å²) in [5, 5.41) is 35.6. The number of benzene rings is 1. The van der Waals surface area contributed by atoms with Gasteiger partial charge in [0.25, 0.3) is 5.91 Å². The summed E-state index contributed by atoms with van der Waals surface area (Å²) in [5.41, 5.74) is 6.81. The number of phenolic OH excluding ortho intramolecular Hbond substituents is 1. The van der Waals surface area contributed by atoms with Gasteiger partial charge in [0.1, 0.15) is 22.8 Å². The number of rotatable bonds is 6. The van der Waals surface area contributed by atoms with E-state index in [9.17, 15) is 29.7 Å². The van der Waals surface area contributed by atoms with Crippen molar-refractivity contribution >= 4 is 23.2 Å². The number of nitrogens with one attached hydrogen (secondary N) is 1. The van der Waals surface area contributed by atoms with Gasteiger partial charge in [-0.15, -0.1) is 0 Å². The number of amides is 1. The van der Waals surface area contributed by atoms with Crippen LogP contribution in [-0.4, -0.2) is 39.3 Å². The first-order valence-electron chi connectivity index (χ1n) is 11.4. The first kappa shape index (κ1) is 23.0. The fraction of sp³-hybridized carbons (Fsp3) is 0.480. The number of Topliss-reactive ketones (excluding diaryl/α,β-unsaturated/α-hetero) is 2. The number of hydrogen-bond acceptors (Lipinski definition) is 7. The van der Waals surface area contributed by atoms with Crippen molar-refractivity contribution < 1.29 is 29.7 Å². The zero-order valence-electron chi connectivity index (χ0n) is 18.9. The maximum atomic E-state index is 13.4. The van der Waals surface area contributed by atoms with Gasteiger partial charge in [-0.3, -0.25) is 14.4 Å². The van der Waals surface area contributed by atoms with Gasteiger partial charge in [0.05, 0.1) is 11.5 Å². The molecular weight excluding hydrogens is 424 g/mol. The molecule has 1 fully saturated rings. The summed E-state index contributed by atoms with van der Waals surface area (Å²) in [6, 6.07) is 3.33. The molecule has 4 atom stereocenters. The van der Waals surface area contributed by atoms with Crippen LogP contribution in [0.3, 0.4) is 0 Å². The molecule has 1 amide bonds. The van der Waals surface area contributed by atoms with Crippen molar-refractivity contribution in [1.29, 1.82) is 0 Å². The number of phenols is 1. The molecule has 1 aromatic rings. The van der Waals surface area contributed by atoms with Crippen LogP contribution in [-0.2, 0) is 27.3 Å². The summed E-state index contributed by atoms with van der Waals surface area (Å²) >= 11 is 0. The highest BCUT2D eigenvalue weighted by Crippen LogP contribution is 2.50. The number of fused-ring (bicyclic) bond motifs is 3. The molecule has 0 aliphatic heterocycles. The summed E-state index contributed by atoms with van der Waals surface area (Å²) in [6.07, 6.45) is 1.82. The van der Waals surface area contributed by atoms with Crippen LogP contribution in [0.15, 0.2) is 29.0 Å². The summed E-state index contributed by atoms with van der Waals surface area (Å²) in [6.45, 7) is 5.68. The summed E-state index contributed by atoms with van der Waals surface area (Å²) in [5.74, 6) is -4.57. The Bertz CT molecular complexity index is 1100. The molecule has 33 heavy (non-hydrogen) atoms. The van der Waals surface area contributed by atoms with E-state index in [1.807, 2.05) is 6.07 Å². The van der Waals surface area contributed by atoms with Crippen molar-refractivity contribution in [2.45, 2.75) is 46.1 Å². The van der Waals surface area contributed by atoms with Gasteiger partial charge < -0.3 is 26.4 Å². The van der Waals surface area contributed by atoms with Crippen molar-refractivity contribution in [2.75, 3.05) is 6.54 Å². The largest absolute Gasteiger partial charge is 0.511 e. The summed E-state index contributed by atoms with van der Waals surface area (Å²) < 4.78 is 0. The highest BCUT2D eigenvalue weighted by molar-refractivity contribution is 6.21. The quantitative estimate of drug-likeness (QED) is 0.414. The minimum atomic E-state index is -1.09. The summed E-state index contributed by atoms with van der Waals surface area (Å²) in [4.78, 5) is 37.5. The lowest BCUT2D eigenvalue weighted by Crippen LogP contribution is -2.44. The second-order valence-electron chi connectivity index (χ2n) is 9.49. The molecule has 1 saturated carbocycles. The predicted molar refractivity (Wildman–Crippen MR) is 121 cm³/mol. The van der Waals surface area contributed by atoms with Crippen molar-refractivity contribution in [3.63, 3.8) is 0 Å². The van der Waals surface area contributed by atoms with Crippen molar-refractivity contribution in [3.05, 3.63) is 45.7 Å². The van der Waals surface area contributed by atoms with E-state index < -0.39 is 40.6 Å². The normalized spacial score (nSPS) is 25.5. The molecule has 0 bridgehead atoms. The Labute approximate surface area is 192 Å². The third kappa shape index (κ3) is 3.82. The Morgan fingerprint density at radius 2 is 1.94 bits per heavy atom. The Kier molecular flexibility index (Phi) is 6.05. The number of aliphatic hydroxyl groups is 2. The lowest BCUT2D eigenvalue weighted by Gasteiger charge is -2.41. The average Bonchev–Trinajstić information content (AvgIpc) is 2.74. The van der Waals surface area contributed by atoms with Gasteiger partial charge in [0.15, 0.2) is 11.6 Å². The smallest absolute Gasteiger partial charge is 0.255 e. The molecule has 8 nitrogen and oxygen atoms in total. The minimum absolute atomic E-state index is 0.0561. The van der Waals surface area contributed by atoms with E-state index in [2.05, 4.69) is 19.2 Å². The van der Waals surface area contributed by atoms with Gasteiger partial charge in [-0.25, -0.2) is 0 Å². The number of allylic oxidation sites excluding steroid dienone is 2. The lowest BCUT2D eigenvalue weighted by atomic mass is 9.61. The van der Waals surface area contributed by atoms with Crippen molar-refractivity contribution in [3.8, 4) is 5.75 Å². The number of carbonyl (C=O) groups is 3. The Morgan fingerprint density at radius 3 is 2.61 bits per heavy atom. The molecule has 0 spiro atoms. The third-order valence-corrected chi connectivity index (χ3v) is 7.37. The van der Waals surface area contributed by atoms with E-state index in [1.165, 1.54) is 6.07 Å². The van der Waals surface area contributed by atoms with Crippen LogP contribution >= 0.6 is 0 Å². The van der Waals surface area contributed by atoms with Gasteiger partial charge in [-0.05, 0) is 54.3 Å². The Balaban J connectivity index is 1.74. The van der Waals surface area contributed by atoms with E-state index in [4.69, 9.17) is 5.73 Å². The van der Waals surface area contributed by atoms with Gasteiger partial charge in [-0.2, -0.15) is 0 Å².